The average molecular weight is 216 g/mol. The van der Waals surface area contributed by atoms with Gasteiger partial charge in [-0.15, -0.1) is 12.4 Å². The van der Waals surface area contributed by atoms with E-state index in [0.717, 1.165) is 6.42 Å². The molecule has 0 atom stereocenters. The Bertz CT molecular complexity index is 264. The van der Waals surface area contributed by atoms with E-state index in [2.05, 4.69) is 5.48 Å². The molecular formula is C10H14ClNO2. The van der Waals surface area contributed by atoms with Crippen LogP contribution in [0.2, 0.25) is 0 Å². The van der Waals surface area contributed by atoms with E-state index in [4.69, 9.17) is 4.84 Å². The van der Waals surface area contributed by atoms with Crippen LogP contribution >= 0.6 is 12.4 Å². The third-order valence-corrected chi connectivity index (χ3v) is 1.51. The fraction of sp³-hybridized carbons (Fsp3) is 0.300. The minimum absolute atomic E-state index is 0. The molecule has 0 saturated heterocycles. The van der Waals surface area contributed by atoms with E-state index in [1.807, 2.05) is 25.1 Å². The molecule has 0 heterocycles. The lowest BCUT2D eigenvalue weighted by Gasteiger charge is -2.03. The molecule has 0 aliphatic heterocycles. The van der Waals surface area contributed by atoms with E-state index in [-0.39, 0.29) is 18.3 Å². The first-order valence-electron chi connectivity index (χ1n) is 4.31. The Morgan fingerprint density at radius 1 is 1.36 bits per heavy atom. The molecule has 4 heteroatoms. The van der Waals surface area contributed by atoms with Crippen molar-refractivity contribution in [1.29, 1.82) is 0 Å². The van der Waals surface area contributed by atoms with Crippen LogP contribution in [0.3, 0.4) is 0 Å². The number of carbonyl (C=O) groups is 1. The summed E-state index contributed by atoms with van der Waals surface area (Å²) in [6, 6.07) is 8.97. The Morgan fingerprint density at radius 3 is 2.57 bits per heavy atom. The van der Waals surface area contributed by atoms with E-state index in [1.54, 1.807) is 12.1 Å². The zero-order chi connectivity index (χ0) is 9.52. The van der Waals surface area contributed by atoms with Gasteiger partial charge < -0.3 is 0 Å². The normalized spacial score (nSPS) is 8.93. The van der Waals surface area contributed by atoms with Gasteiger partial charge in [-0.2, -0.15) is 0 Å². The van der Waals surface area contributed by atoms with Gasteiger partial charge in [0.2, 0.25) is 0 Å². The molecule has 0 aliphatic carbocycles. The Morgan fingerprint density at radius 2 is 2.00 bits per heavy atom. The van der Waals surface area contributed by atoms with Crippen LogP contribution < -0.4 is 5.48 Å². The second-order valence-corrected chi connectivity index (χ2v) is 2.65. The Balaban J connectivity index is 0.00000169. The first-order chi connectivity index (χ1) is 6.34. The van der Waals surface area contributed by atoms with Crippen molar-refractivity contribution in [2.45, 2.75) is 13.3 Å². The van der Waals surface area contributed by atoms with Gasteiger partial charge in [-0.1, -0.05) is 25.1 Å². The molecule has 0 unspecified atom stereocenters. The predicted octanol–water partition coefficient (Wildman–Crippen LogP) is 2.18. The minimum Gasteiger partial charge on any atom is -0.273 e. The molecule has 1 aromatic carbocycles. The molecule has 14 heavy (non-hydrogen) atoms. The van der Waals surface area contributed by atoms with Gasteiger partial charge in [0.05, 0.1) is 6.61 Å². The van der Waals surface area contributed by atoms with Gasteiger partial charge >= 0.3 is 0 Å². The number of rotatable bonds is 4. The SMILES string of the molecule is CCCONC(=O)c1ccccc1.Cl. The lowest BCUT2D eigenvalue weighted by atomic mass is 10.2. The van der Waals surface area contributed by atoms with Crippen molar-refractivity contribution in [3.63, 3.8) is 0 Å². The number of halogens is 1. The minimum atomic E-state index is -0.200. The van der Waals surface area contributed by atoms with Crippen LogP contribution in [0.25, 0.3) is 0 Å². The van der Waals surface area contributed by atoms with Crippen molar-refractivity contribution in [2.75, 3.05) is 6.61 Å². The van der Waals surface area contributed by atoms with Crippen molar-refractivity contribution in [1.82, 2.24) is 5.48 Å². The monoisotopic (exact) mass is 215 g/mol. The van der Waals surface area contributed by atoms with Crippen molar-refractivity contribution in [3.05, 3.63) is 35.9 Å². The van der Waals surface area contributed by atoms with Gasteiger partial charge in [-0.25, -0.2) is 5.48 Å². The number of carbonyl (C=O) groups excluding carboxylic acids is 1. The molecule has 0 radical (unpaired) electrons. The summed E-state index contributed by atoms with van der Waals surface area (Å²) in [4.78, 5) is 16.2. The summed E-state index contributed by atoms with van der Waals surface area (Å²) in [5.74, 6) is -0.200. The number of hydroxylamine groups is 1. The molecule has 0 fully saturated rings. The third-order valence-electron chi connectivity index (χ3n) is 1.51. The fourth-order valence-corrected chi connectivity index (χ4v) is 0.867. The number of hydrogen-bond acceptors (Lipinski definition) is 2. The number of amides is 1. The molecule has 3 nitrogen and oxygen atoms in total. The third kappa shape index (κ3) is 4.25. The zero-order valence-electron chi connectivity index (χ0n) is 8.03. The Labute approximate surface area is 89.8 Å². The van der Waals surface area contributed by atoms with Crippen LogP contribution in [-0.4, -0.2) is 12.5 Å². The summed E-state index contributed by atoms with van der Waals surface area (Å²) >= 11 is 0. The number of hydrogen-bond donors (Lipinski definition) is 1. The molecule has 0 aromatic heterocycles. The Hall–Kier alpha value is -1.06. The second kappa shape index (κ2) is 7.35. The largest absolute Gasteiger partial charge is 0.274 e. The van der Waals surface area contributed by atoms with E-state index in [0.29, 0.717) is 12.2 Å². The average Bonchev–Trinajstić information content (AvgIpc) is 2.19. The highest BCUT2D eigenvalue weighted by atomic mass is 35.5. The fourth-order valence-electron chi connectivity index (χ4n) is 0.867. The maximum Gasteiger partial charge on any atom is 0.274 e. The lowest BCUT2D eigenvalue weighted by molar-refractivity contribution is 0.0315. The summed E-state index contributed by atoms with van der Waals surface area (Å²) in [5.41, 5.74) is 2.97. The predicted molar refractivity (Wildman–Crippen MR) is 57.4 cm³/mol. The van der Waals surface area contributed by atoms with Crippen LogP contribution in [0.15, 0.2) is 30.3 Å². The standard InChI is InChI=1S/C10H13NO2.ClH/c1-2-8-13-11-10(12)9-6-4-3-5-7-9;/h3-7H,2,8H2,1H3,(H,11,12);1H. The zero-order valence-corrected chi connectivity index (χ0v) is 8.84. The summed E-state index contributed by atoms with van der Waals surface area (Å²) in [7, 11) is 0. The first kappa shape index (κ1) is 12.9. The Kier molecular flexibility index (Phi) is 6.80. The molecule has 0 bridgehead atoms. The molecular weight excluding hydrogens is 202 g/mol. The summed E-state index contributed by atoms with van der Waals surface area (Å²) in [6.07, 6.45) is 0.884. The second-order valence-electron chi connectivity index (χ2n) is 2.65. The van der Waals surface area contributed by atoms with Crippen LogP contribution in [0.4, 0.5) is 0 Å². The summed E-state index contributed by atoms with van der Waals surface area (Å²) < 4.78 is 0. The first-order valence-corrected chi connectivity index (χ1v) is 4.31. The quantitative estimate of drug-likeness (QED) is 0.618. The highest BCUT2D eigenvalue weighted by Crippen LogP contribution is 1.97. The number of benzene rings is 1. The van der Waals surface area contributed by atoms with Crippen molar-refractivity contribution >= 4 is 18.3 Å². The number of nitrogens with one attached hydrogen (secondary N) is 1. The molecule has 0 saturated carbocycles. The molecule has 1 N–H and O–H groups in total. The molecule has 0 aliphatic rings. The highest BCUT2D eigenvalue weighted by Gasteiger charge is 2.02. The van der Waals surface area contributed by atoms with E-state index in [1.165, 1.54) is 0 Å². The van der Waals surface area contributed by atoms with Gasteiger partial charge in [-0.05, 0) is 18.6 Å². The summed E-state index contributed by atoms with van der Waals surface area (Å²) in [5, 5.41) is 0. The van der Waals surface area contributed by atoms with E-state index >= 15 is 0 Å². The topological polar surface area (TPSA) is 38.3 Å². The van der Waals surface area contributed by atoms with E-state index in [9.17, 15) is 4.79 Å². The van der Waals surface area contributed by atoms with Crippen LogP contribution in [0, 0.1) is 0 Å². The maximum absolute atomic E-state index is 11.3. The van der Waals surface area contributed by atoms with E-state index < -0.39 is 0 Å². The van der Waals surface area contributed by atoms with Crippen LogP contribution in [0.5, 0.6) is 0 Å². The van der Waals surface area contributed by atoms with Crippen molar-refractivity contribution < 1.29 is 9.63 Å². The van der Waals surface area contributed by atoms with Gasteiger partial charge in [0.25, 0.3) is 5.91 Å². The molecule has 78 valence electrons. The summed E-state index contributed by atoms with van der Waals surface area (Å²) in [6.45, 7) is 2.52. The van der Waals surface area contributed by atoms with Gasteiger partial charge in [0.1, 0.15) is 0 Å². The highest BCUT2D eigenvalue weighted by molar-refractivity contribution is 5.93. The molecule has 1 rings (SSSR count). The smallest absolute Gasteiger partial charge is 0.273 e. The van der Waals surface area contributed by atoms with Crippen LogP contribution in [-0.2, 0) is 4.84 Å². The molecule has 1 amide bonds. The maximum atomic E-state index is 11.3. The lowest BCUT2D eigenvalue weighted by Crippen LogP contribution is -2.23. The molecule has 0 spiro atoms. The molecule has 1 aromatic rings. The van der Waals surface area contributed by atoms with Gasteiger partial charge in [0.15, 0.2) is 0 Å². The van der Waals surface area contributed by atoms with Gasteiger partial charge in [0, 0.05) is 5.56 Å². The van der Waals surface area contributed by atoms with Crippen LogP contribution in [0.1, 0.15) is 23.7 Å². The van der Waals surface area contributed by atoms with Gasteiger partial charge in [-0.3, -0.25) is 9.63 Å². The van der Waals surface area contributed by atoms with Crippen molar-refractivity contribution in [3.8, 4) is 0 Å². The van der Waals surface area contributed by atoms with Crippen molar-refractivity contribution in [2.24, 2.45) is 0 Å².